The zero-order valence-corrected chi connectivity index (χ0v) is 16.3. The largest absolute Gasteiger partial charge is 0.491 e. The molecule has 0 aromatic heterocycles. The zero-order chi connectivity index (χ0) is 20.0. The van der Waals surface area contributed by atoms with E-state index in [1.807, 2.05) is 13.8 Å². The molecule has 0 atom stereocenters. The number of ether oxygens (including phenoxy) is 1. The Labute approximate surface area is 159 Å². The van der Waals surface area contributed by atoms with E-state index in [1.54, 1.807) is 42.5 Å². The standard InChI is InChI=1S/C19H23FN2O4S/c1-14(2)26-17-10-8-16(9-11-17)22(27(3,24)25)13-19(23)21-12-15-6-4-5-7-18(15)20/h4-11,14H,12-13H2,1-3H3,(H,21,23). The Bertz CT molecular complexity index is 883. The van der Waals surface area contributed by atoms with Crippen LogP contribution in [0.3, 0.4) is 0 Å². The third-order valence-electron chi connectivity index (χ3n) is 3.62. The van der Waals surface area contributed by atoms with Crippen LogP contribution in [-0.2, 0) is 21.4 Å². The van der Waals surface area contributed by atoms with Crippen molar-refractivity contribution in [3.05, 3.63) is 59.9 Å². The number of hydrogen-bond acceptors (Lipinski definition) is 4. The number of anilines is 1. The molecule has 146 valence electrons. The van der Waals surface area contributed by atoms with Crippen molar-refractivity contribution in [3.63, 3.8) is 0 Å². The Morgan fingerprint density at radius 3 is 2.33 bits per heavy atom. The monoisotopic (exact) mass is 394 g/mol. The molecule has 2 aromatic rings. The second kappa shape index (κ2) is 8.85. The molecule has 6 nitrogen and oxygen atoms in total. The Morgan fingerprint density at radius 2 is 1.78 bits per heavy atom. The molecule has 0 heterocycles. The van der Waals surface area contributed by atoms with Gasteiger partial charge in [0.05, 0.1) is 18.0 Å². The first-order valence-corrected chi connectivity index (χ1v) is 10.3. The first-order valence-electron chi connectivity index (χ1n) is 8.41. The Morgan fingerprint density at radius 1 is 1.15 bits per heavy atom. The van der Waals surface area contributed by atoms with E-state index in [9.17, 15) is 17.6 Å². The molecule has 0 bridgehead atoms. The van der Waals surface area contributed by atoms with Gasteiger partial charge in [0.2, 0.25) is 15.9 Å². The predicted octanol–water partition coefficient (Wildman–Crippen LogP) is 2.70. The smallest absolute Gasteiger partial charge is 0.241 e. The highest BCUT2D eigenvalue weighted by molar-refractivity contribution is 7.92. The number of sulfonamides is 1. The van der Waals surface area contributed by atoms with E-state index < -0.39 is 28.3 Å². The van der Waals surface area contributed by atoms with Crippen LogP contribution in [0.1, 0.15) is 19.4 Å². The average molecular weight is 394 g/mol. The van der Waals surface area contributed by atoms with Crippen molar-refractivity contribution in [1.82, 2.24) is 5.32 Å². The van der Waals surface area contributed by atoms with Gasteiger partial charge in [0.25, 0.3) is 0 Å². The molecule has 0 fully saturated rings. The molecule has 27 heavy (non-hydrogen) atoms. The first kappa shape index (κ1) is 20.7. The fourth-order valence-electron chi connectivity index (χ4n) is 2.39. The Kier molecular flexibility index (Phi) is 6.79. The number of nitrogens with one attached hydrogen (secondary N) is 1. The van der Waals surface area contributed by atoms with Crippen LogP contribution in [-0.4, -0.2) is 33.2 Å². The molecule has 0 aliphatic heterocycles. The third-order valence-corrected chi connectivity index (χ3v) is 4.76. The van der Waals surface area contributed by atoms with E-state index >= 15 is 0 Å². The minimum atomic E-state index is -3.68. The normalized spacial score (nSPS) is 11.3. The van der Waals surface area contributed by atoms with Gasteiger partial charge in [-0.05, 0) is 44.2 Å². The molecule has 2 rings (SSSR count). The lowest BCUT2D eigenvalue weighted by atomic mass is 10.2. The van der Waals surface area contributed by atoms with Crippen LogP contribution in [0.15, 0.2) is 48.5 Å². The number of halogens is 1. The number of nitrogens with zero attached hydrogens (tertiary/aromatic N) is 1. The summed E-state index contributed by atoms with van der Waals surface area (Å²) in [5.41, 5.74) is 0.668. The fraction of sp³-hybridized carbons (Fsp3) is 0.316. The number of carbonyl (C=O) groups is 1. The second-order valence-corrected chi connectivity index (χ2v) is 8.21. The van der Waals surface area contributed by atoms with Gasteiger partial charge in [-0.3, -0.25) is 9.10 Å². The molecule has 0 spiro atoms. The third kappa shape index (κ3) is 6.25. The lowest BCUT2D eigenvalue weighted by molar-refractivity contribution is -0.119. The summed E-state index contributed by atoms with van der Waals surface area (Å²) in [4.78, 5) is 12.2. The second-order valence-electron chi connectivity index (χ2n) is 6.30. The van der Waals surface area contributed by atoms with Crippen molar-refractivity contribution in [3.8, 4) is 5.75 Å². The maximum Gasteiger partial charge on any atom is 0.241 e. The SMILES string of the molecule is CC(C)Oc1ccc(N(CC(=O)NCc2ccccc2F)S(C)(=O)=O)cc1. The maximum absolute atomic E-state index is 13.6. The highest BCUT2D eigenvalue weighted by Crippen LogP contribution is 2.22. The molecule has 1 amide bonds. The summed E-state index contributed by atoms with van der Waals surface area (Å²) in [7, 11) is -3.68. The summed E-state index contributed by atoms with van der Waals surface area (Å²) < 4.78 is 44.4. The van der Waals surface area contributed by atoms with E-state index in [0.717, 1.165) is 10.6 Å². The van der Waals surface area contributed by atoms with Crippen molar-refractivity contribution in [2.75, 3.05) is 17.1 Å². The van der Waals surface area contributed by atoms with Crippen LogP contribution in [0.25, 0.3) is 0 Å². The van der Waals surface area contributed by atoms with E-state index in [4.69, 9.17) is 4.74 Å². The lowest BCUT2D eigenvalue weighted by Gasteiger charge is -2.22. The summed E-state index contributed by atoms with van der Waals surface area (Å²) in [5.74, 6) is -0.365. The van der Waals surface area contributed by atoms with Crippen LogP contribution in [0.4, 0.5) is 10.1 Å². The number of carbonyl (C=O) groups excluding carboxylic acids is 1. The Balaban J connectivity index is 2.08. The molecule has 0 radical (unpaired) electrons. The van der Waals surface area contributed by atoms with Crippen molar-refractivity contribution in [2.45, 2.75) is 26.5 Å². The quantitative estimate of drug-likeness (QED) is 0.747. The van der Waals surface area contributed by atoms with Gasteiger partial charge in [-0.1, -0.05) is 18.2 Å². The van der Waals surface area contributed by atoms with Crippen LogP contribution in [0, 0.1) is 5.82 Å². The molecule has 0 saturated carbocycles. The van der Waals surface area contributed by atoms with Gasteiger partial charge in [0.15, 0.2) is 0 Å². The van der Waals surface area contributed by atoms with Gasteiger partial charge in [0, 0.05) is 12.1 Å². The molecular weight excluding hydrogens is 371 g/mol. The van der Waals surface area contributed by atoms with Crippen molar-refractivity contribution in [1.29, 1.82) is 0 Å². The first-order chi connectivity index (χ1) is 12.7. The summed E-state index contributed by atoms with van der Waals surface area (Å²) in [5, 5.41) is 2.54. The van der Waals surface area contributed by atoms with Crippen LogP contribution >= 0.6 is 0 Å². The number of benzene rings is 2. The van der Waals surface area contributed by atoms with Crippen molar-refractivity contribution < 1.29 is 22.3 Å². The molecule has 2 aromatic carbocycles. The van der Waals surface area contributed by atoms with Crippen LogP contribution in [0.2, 0.25) is 0 Å². The fourth-order valence-corrected chi connectivity index (χ4v) is 3.24. The summed E-state index contributed by atoms with van der Waals surface area (Å²) >= 11 is 0. The van der Waals surface area contributed by atoms with Gasteiger partial charge >= 0.3 is 0 Å². The highest BCUT2D eigenvalue weighted by Gasteiger charge is 2.21. The van der Waals surface area contributed by atoms with Gasteiger partial charge in [-0.2, -0.15) is 0 Å². The van der Waals surface area contributed by atoms with Gasteiger partial charge < -0.3 is 10.1 Å². The molecule has 0 aliphatic rings. The zero-order valence-electron chi connectivity index (χ0n) is 15.5. The van der Waals surface area contributed by atoms with E-state index in [1.165, 1.54) is 6.07 Å². The minimum Gasteiger partial charge on any atom is -0.491 e. The number of hydrogen-bond donors (Lipinski definition) is 1. The van der Waals surface area contributed by atoms with Gasteiger partial charge in [-0.25, -0.2) is 12.8 Å². The molecule has 0 saturated heterocycles. The van der Waals surface area contributed by atoms with E-state index in [2.05, 4.69) is 5.32 Å². The maximum atomic E-state index is 13.6. The van der Waals surface area contributed by atoms with Crippen LogP contribution < -0.4 is 14.4 Å². The Hall–Kier alpha value is -2.61. The molecule has 1 N–H and O–H groups in total. The van der Waals surface area contributed by atoms with Crippen LogP contribution in [0.5, 0.6) is 5.75 Å². The minimum absolute atomic E-state index is 0.00831. The number of amides is 1. The molecule has 0 unspecified atom stereocenters. The highest BCUT2D eigenvalue weighted by atomic mass is 32.2. The predicted molar refractivity (Wildman–Crippen MR) is 103 cm³/mol. The average Bonchev–Trinajstić information content (AvgIpc) is 2.58. The topological polar surface area (TPSA) is 75.7 Å². The van der Waals surface area contributed by atoms with E-state index in [-0.39, 0.29) is 12.6 Å². The van der Waals surface area contributed by atoms with Crippen molar-refractivity contribution >= 4 is 21.6 Å². The molecule has 0 aliphatic carbocycles. The van der Waals surface area contributed by atoms with E-state index in [0.29, 0.717) is 17.0 Å². The molecule has 8 heteroatoms. The molecular formula is C19H23FN2O4S. The summed E-state index contributed by atoms with van der Waals surface area (Å²) in [6.07, 6.45) is 1.02. The lowest BCUT2D eigenvalue weighted by Crippen LogP contribution is -2.40. The van der Waals surface area contributed by atoms with Crippen molar-refractivity contribution in [2.24, 2.45) is 0 Å². The number of rotatable bonds is 8. The van der Waals surface area contributed by atoms with Gasteiger partial charge in [-0.15, -0.1) is 0 Å². The summed E-state index contributed by atoms with van der Waals surface area (Å²) in [6.45, 7) is 3.34. The summed E-state index contributed by atoms with van der Waals surface area (Å²) in [6, 6.07) is 12.5. The van der Waals surface area contributed by atoms with Gasteiger partial charge in [0.1, 0.15) is 18.1 Å².